The maximum absolute atomic E-state index is 12.5. The highest BCUT2D eigenvalue weighted by atomic mass is 16.3. The lowest BCUT2D eigenvalue weighted by Gasteiger charge is -2.23. The zero-order valence-corrected chi connectivity index (χ0v) is 38.3. The summed E-state index contributed by atoms with van der Waals surface area (Å²) < 4.78 is 0. The van der Waals surface area contributed by atoms with E-state index in [2.05, 4.69) is 19.2 Å². The van der Waals surface area contributed by atoms with Crippen LogP contribution in [0.15, 0.2) is 0 Å². The van der Waals surface area contributed by atoms with Crippen LogP contribution in [-0.4, -0.2) is 46.1 Å². The van der Waals surface area contributed by atoms with Gasteiger partial charge in [0.05, 0.1) is 31.3 Å². The molecule has 0 heterocycles. The van der Waals surface area contributed by atoms with Crippen molar-refractivity contribution in [2.24, 2.45) is 0 Å². The minimum Gasteiger partial charge on any atom is -0.394 e. The fourth-order valence-corrected chi connectivity index (χ4v) is 8.47. The smallest absolute Gasteiger partial charge is 0.222 e. The van der Waals surface area contributed by atoms with Crippen LogP contribution in [0.25, 0.3) is 0 Å². The third-order valence-electron chi connectivity index (χ3n) is 12.4. The molecule has 0 aliphatic heterocycles. The Hall–Kier alpha value is -0.650. The molecule has 3 unspecified atom stereocenters. The molecule has 0 saturated heterocycles. The summed E-state index contributed by atoms with van der Waals surface area (Å²) in [6.07, 6.45) is 55.3. The zero-order chi connectivity index (χ0) is 40.8. The number of hydrogen-bond acceptors (Lipinski definition) is 4. The van der Waals surface area contributed by atoms with Gasteiger partial charge in [0.2, 0.25) is 5.91 Å². The summed E-state index contributed by atoms with van der Waals surface area (Å²) >= 11 is 0. The Balaban J connectivity index is 3.47. The van der Waals surface area contributed by atoms with Crippen molar-refractivity contribution < 1.29 is 20.1 Å². The van der Waals surface area contributed by atoms with E-state index < -0.39 is 18.2 Å². The number of aliphatic hydroxyl groups is 3. The van der Waals surface area contributed by atoms with Gasteiger partial charge in [-0.05, 0) is 12.8 Å². The van der Waals surface area contributed by atoms with E-state index in [0.29, 0.717) is 12.8 Å². The monoisotopic (exact) mass is 794 g/mol. The van der Waals surface area contributed by atoms with Crippen LogP contribution in [0.4, 0.5) is 0 Å². The van der Waals surface area contributed by atoms with Crippen molar-refractivity contribution in [3.8, 4) is 0 Å². The van der Waals surface area contributed by atoms with Crippen LogP contribution in [0.3, 0.4) is 0 Å². The van der Waals surface area contributed by atoms with Gasteiger partial charge in [0.15, 0.2) is 0 Å². The molecule has 0 bridgehead atoms. The molecule has 0 saturated carbocycles. The Labute approximate surface area is 351 Å². The molecule has 0 radical (unpaired) electrons. The molecular formula is C51H103NO4. The Morgan fingerprint density at radius 1 is 0.375 bits per heavy atom. The molecule has 0 rings (SSSR count). The molecule has 0 spiro atoms. The zero-order valence-electron chi connectivity index (χ0n) is 38.3. The van der Waals surface area contributed by atoms with E-state index in [4.69, 9.17) is 0 Å². The second-order valence-electron chi connectivity index (χ2n) is 18.1. The van der Waals surface area contributed by atoms with Crippen molar-refractivity contribution >= 4 is 5.91 Å². The minimum absolute atomic E-state index is 0.0432. The Kier molecular flexibility index (Phi) is 46.5. The predicted molar refractivity (Wildman–Crippen MR) is 246 cm³/mol. The summed E-state index contributed by atoms with van der Waals surface area (Å²) in [5.74, 6) is -0.276. The van der Waals surface area contributed by atoms with E-state index >= 15 is 0 Å². The van der Waals surface area contributed by atoms with E-state index in [-0.39, 0.29) is 18.9 Å². The molecule has 0 aliphatic carbocycles. The van der Waals surface area contributed by atoms with Gasteiger partial charge >= 0.3 is 0 Å². The van der Waals surface area contributed by atoms with Gasteiger partial charge in [0.25, 0.3) is 0 Å². The van der Waals surface area contributed by atoms with Gasteiger partial charge in [-0.1, -0.05) is 277 Å². The quantitative estimate of drug-likeness (QED) is 0.0462. The number of unbranched alkanes of at least 4 members (excludes halogenated alkanes) is 39. The third-order valence-corrected chi connectivity index (χ3v) is 12.4. The molecule has 56 heavy (non-hydrogen) atoms. The van der Waals surface area contributed by atoms with Crippen LogP contribution < -0.4 is 5.32 Å². The average Bonchev–Trinajstić information content (AvgIpc) is 3.19. The molecule has 3 atom stereocenters. The topological polar surface area (TPSA) is 89.8 Å². The van der Waals surface area contributed by atoms with Gasteiger partial charge in [-0.3, -0.25) is 4.79 Å². The van der Waals surface area contributed by atoms with Crippen LogP contribution in [-0.2, 0) is 4.79 Å². The van der Waals surface area contributed by atoms with Crippen LogP contribution in [0.2, 0.25) is 0 Å². The lowest BCUT2D eigenvalue weighted by atomic mass is 10.0. The van der Waals surface area contributed by atoms with E-state index in [9.17, 15) is 20.1 Å². The molecule has 0 aliphatic rings. The highest BCUT2D eigenvalue weighted by Gasteiger charge is 2.21. The number of amides is 1. The number of aliphatic hydroxyl groups excluding tert-OH is 3. The normalized spacial score (nSPS) is 13.3. The molecular weight excluding hydrogens is 691 g/mol. The highest BCUT2D eigenvalue weighted by Crippen LogP contribution is 2.18. The first-order valence-electron chi connectivity index (χ1n) is 25.8. The Morgan fingerprint density at radius 3 is 0.857 bits per heavy atom. The van der Waals surface area contributed by atoms with Crippen LogP contribution in [0.5, 0.6) is 0 Å². The summed E-state index contributed by atoms with van der Waals surface area (Å²) in [7, 11) is 0. The van der Waals surface area contributed by atoms with Crippen molar-refractivity contribution in [2.75, 3.05) is 6.61 Å². The first-order chi connectivity index (χ1) is 27.5. The molecule has 4 N–H and O–H groups in total. The van der Waals surface area contributed by atoms with Crippen LogP contribution in [0, 0.1) is 0 Å². The molecule has 0 aromatic heterocycles. The molecule has 0 fully saturated rings. The summed E-state index contributed by atoms with van der Waals surface area (Å²) in [5.41, 5.74) is 0. The first-order valence-corrected chi connectivity index (χ1v) is 25.8. The maximum Gasteiger partial charge on any atom is 0.222 e. The van der Waals surface area contributed by atoms with Gasteiger partial charge in [0, 0.05) is 0 Å². The van der Waals surface area contributed by atoms with E-state index in [1.807, 2.05) is 0 Å². The van der Waals surface area contributed by atoms with Gasteiger partial charge < -0.3 is 20.6 Å². The number of carbonyl (C=O) groups excluding carboxylic acids is 1. The van der Waals surface area contributed by atoms with Crippen molar-refractivity contribution in [2.45, 2.75) is 315 Å². The Bertz CT molecular complexity index is 747. The molecule has 336 valence electrons. The number of rotatable bonds is 48. The summed E-state index contributed by atoms with van der Waals surface area (Å²) in [5, 5.41) is 33.5. The second-order valence-corrected chi connectivity index (χ2v) is 18.1. The van der Waals surface area contributed by atoms with E-state index in [1.54, 1.807) is 0 Å². The Morgan fingerprint density at radius 2 is 0.607 bits per heavy atom. The summed E-state index contributed by atoms with van der Waals surface area (Å²) in [6.45, 7) is 4.29. The molecule has 5 heteroatoms. The number of hydrogen-bond donors (Lipinski definition) is 4. The standard InChI is InChI=1S/C51H103NO4/c1-3-5-7-9-11-13-15-17-19-20-21-22-23-24-25-26-27-28-29-30-31-32-34-36-38-40-42-44-48(54)46-51(56)52-49(47-53)50(55)45-43-41-39-37-35-33-18-16-14-12-10-8-6-4-2/h48-50,53-55H,3-47H2,1-2H3,(H,52,56). The number of carbonyl (C=O) groups is 1. The number of nitrogens with one attached hydrogen (secondary N) is 1. The summed E-state index contributed by atoms with van der Waals surface area (Å²) in [6, 6.07) is -0.652. The van der Waals surface area contributed by atoms with Crippen molar-refractivity contribution in [1.82, 2.24) is 5.32 Å². The van der Waals surface area contributed by atoms with E-state index in [0.717, 1.165) is 25.7 Å². The molecule has 0 aromatic carbocycles. The molecule has 5 nitrogen and oxygen atoms in total. The van der Waals surface area contributed by atoms with Gasteiger partial charge in [-0.25, -0.2) is 0 Å². The first kappa shape index (κ1) is 55.4. The van der Waals surface area contributed by atoms with Crippen LogP contribution in [0.1, 0.15) is 296 Å². The van der Waals surface area contributed by atoms with Gasteiger partial charge in [-0.15, -0.1) is 0 Å². The minimum atomic E-state index is -0.744. The van der Waals surface area contributed by atoms with Crippen molar-refractivity contribution in [3.05, 3.63) is 0 Å². The summed E-state index contributed by atoms with van der Waals surface area (Å²) in [4.78, 5) is 12.5. The predicted octanol–water partition coefficient (Wildman–Crippen LogP) is 15.4. The largest absolute Gasteiger partial charge is 0.394 e. The SMILES string of the molecule is CCCCCCCCCCCCCCCCCCCCCCCCCCCCCC(O)CC(=O)NC(CO)C(O)CCCCCCCCCCCCCCCC. The fourth-order valence-electron chi connectivity index (χ4n) is 8.47. The van der Waals surface area contributed by atoms with Crippen LogP contribution >= 0.6 is 0 Å². The van der Waals surface area contributed by atoms with Crippen molar-refractivity contribution in [1.29, 1.82) is 0 Å². The lowest BCUT2D eigenvalue weighted by Crippen LogP contribution is -2.46. The lowest BCUT2D eigenvalue weighted by molar-refractivity contribution is -0.125. The highest BCUT2D eigenvalue weighted by molar-refractivity contribution is 5.76. The molecule has 0 aromatic rings. The van der Waals surface area contributed by atoms with Gasteiger partial charge in [-0.2, -0.15) is 0 Å². The van der Waals surface area contributed by atoms with E-state index in [1.165, 1.54) is 238 Å². The average molecular weight is 794 g/mol. The molecule has 1 amide bonds. The van der Waals surface area contributed by atoms with Crippen molar-refractivity contribution in [3.63, 3.8) is 0 Å². The third kappa shape index (κ3) is 42.9. The maximum atomic E-state index is 12.5. The second kappa shape index (κ2) is 47.0. The van der Waals surface area contributed by atoms with Gasteiger partial charge in [0.1, 0.15) is 0 Å². The fraction of sp³-hybridized carbons (Fsp3) is 0.980.